The Labute approximate surface area is 159 Å². The number of aliphatic imine (C=N–C) groups is 2. The maximum absolute atomic E-state index is 12.9. The minimum Gasteiger partial charge on any atom is -0.497 e. The van der Waals surface area contributed by atoms with Crippen molar-refractivity contribution in [1.29, 1.82) is 0 Å². The lowest BCUT2D eigenvalue weighted by molar-refractivity contribution is 0.0692. The van der Waals surface area contributed by atoms with Gasteiger partial charge in [0, 0.05) is 50.7 Å². The van der Waals surface area contributed by atoms with E-state index in [9.17, 15) is 4.79 Å². The Morgan fingerprint density at radius 3 is 2.67 bits per heavy atom. The molecule has 0 saturated carbocycles. The molecule has 1 atom stereocenters. The van der Waals surface area contributed by atoms with E-state index in [4.69, 9.17) is 9.73 Å². The molecule has 0 spiro atoms. The van der Waals surface area contributed by atoms with E-state index in [0.29, 0.717) is 13.1 Å². The van der Waals surface area contributed by atoms with E-state index in [1.54, 1.807) is 7.11 Å². The Hall–Kier alpha value is -2.83. The van der Waals surface area contributed by atoms with Crippen molar-refractivity contribution in [3.05, 3.63) is 41.7 Å². The number of carbonyl (C=O) groups is 1. The lowest BCUT2D eigenvalue weighted by atomic mass is 10.1. The quantitative estimate of drug-likeness (QED) is 0.799. The smallest absolute Gasteiger partial charge is 0.254 e. The van der Waals surface area contributed by atoms with E-state index in [2.05, 4.69) is 21.7 Å². The molecule has 4 rings (SSSR count). The number of methoxy groups -OCH3 is 1. The number of hydrogen-bond acceptors (Lipinski definition) is 6. The molecule has 3 aliphatic heterocycles. The molecule has 1 fully saturated rings. The summed E-state index contributed by atoms with van der Waals surface area (Å²) in [5, 5.41) is 0. The molecule has 0 N–H and O–H groups in total. The van der Waals surface area contributed by atoms with Gasteiger partial charge in [-0.25, -0.2) is 4.99 Å². The highest BCUT2D eigenvalue weighted by Gasteiger charge is 2.32. The number of amidine groups is 2. The van der Waals surface area contributed by atoms with Gasteiger partial charge in [0.15, 0.2) is 11.7 Å². The molecule has 0 aliphatic carbocycles. The molecular weight excluding hydrogens is 342 g/mol. The third-order valence-corrected chi connectivity index (χ3v) is 5.25. The molecule has 3 heterocycles. The third kappa shape index (κ3) is 3.29. The van der Waals surface area contributed by atoms with Crippen molar-refractivity contribution in [3.8, 4) is 5.75 Å². The molecule has 0 unspecified atom stereocenters. The first-order chi connectivity index (χ1) is 13.1. The first-order valence-electron chi connectivity index (χ1n) is 9.35. The summed E-state index contributed by atoms with van der Waals surface area (Å²) in [6.45, 7) is 7.84. The molecule has 1 aromatic rings. The lowest BCUT2D eigenvalue weighted by Crippen LogP contribution is -2.54. The fourth-order valence-corrected chi connectivity index (χ4v) is 3.77. The highest BCUT2D eigenvalue weighted by atomic mass is 16.5. The summed E-state index contributed by atoms with van der Waals surface area (Å²) in [6, 6.07) is 5.88. The largest absolute Gasteiger partial charge is 0.497 e. The maximum atomic E-state index is 12.9. The van der Waals surface area contributed by atoms with Crippen molar-refractivity contribution in [1.82, 2.24) is 14.7 Å². The van der Waals surface area contributed by atoms with Crippen LogP contribution in [0, 0.1) is 6.92 Å². The second-order valence-corrected chi connectivity index (χ2v) is 7.17. The number of benzene rings is 1. The number of ether oxygens (including phenoxy) is 1. The Morgan fingerprint density at radius 1 is 1.19 bits per heavy atom. The summed E-state index contributed by atoms with van der Waals surface area (Å²) in [5.41, 5.74) is 1.68. The molecule has 7 heteroatoms. The van der Waals surface area contributed by atoms with Crippen LogP contribution in [0.25, 0.3) is 0 Å². The molecule has 0 aromatic heterocycles. The number of nitrogens with zero attached hydrogens (tertiary/aromatic N) is 5. The van der Waals surface area contributed by atoms with Gasteiger partial charge in [-0.15, -0.1) is 0 Å². The number of carbonyl (C=O) groups excluding carboxylic acids is 1. The van der Waals surface area contributed by atoms with Crippen LogP contribution in [0.15, 0.2) is 40.6 Å². The molecule has 7 nitrogen and oxygen atoms in total. The lowest BCUT2D eigenvalue weighted by Gasteiger charge is -2.38. The second-order valence-electron chi connectivity index (χ2n) is 7.17. The number of piperazine rings is 1. The maximum Gasteiger partial charge on any atom is 0.254 e. The zero-order chi connectivity index (χ0) is 19.0. The average molecular weight is 367 g/mol. The topological polar surface area (TPSA) is 60.7 Å². The third-order valence-electron chi connectivity index (χ3n) is 5.25. The van der Waals surface area contributed by atoms with E-state index in [0.717, 1.165) is 48.2 Å². The Bertz CT molecular complexity index is 837. The predicted molar refractivity (Wildman–Crippen MR) is 105 cm³/mol. The van der Waals surface area contributed by atoms with Crippen molar-refractivity contribution in [2.75, 3.05) is 39.8 Å². The summed E-state index contributed by atoms with van der Waals surface area (Å²) >= 11 is 0. The summed E-state index contributed by atoms with van der Waals surface area (Å²) < 4.78 is 5.23. The van der Waals surface area contributed by atoms with Gasteiger partial charge in [0.05, 0.1) is 13.2 Å². The van der Waals surface area contributed by atoms with Crippen LogP contribution in [0.2, 0.25) is 0 Å². The van der Waals surface area contributed by atoms with E-state index >= 15 is 0 Å². The summed E-state index contributed by atoms with van der Waals surface area (Å²) in [6.07, 6.45) is 3.82. The first kappa shape index (κ1) is 17.6. The van der Waals surface area contributed by atoms with Crippen molar-refractivity contribution >= 4 is 17.6 Å². The van der Waals surface area contributed by atoms with Gasteiger partial charge in [-0.05, 0) is 37.6 Å². The summed E-state index contributed by atoms with van der Waals surface area (Å²) in [5.74, 6) is 2.73. The van der Waals surface area contributed by atoms with Gasteiger partial charge in [-0.1, -0.05) is 0 Å². The van der Waals surface area contributed by atoms with Crippen LogP contribution in [-0.2, 0) is 0 Å². The summed E-state index contributed by atoms with van der Waals surface area (Å²) in [7, 11) is 1.63. The minimum absolute atomic E-state index is 0.0775. The fraction of sp³-hybridized carbons (Fsp3) is 0.450. The van der Waals surface area contributed by atoms with Crippen LogP contribution >= 0.6 is 0 Å². The standard InChI is InChI=1S/C20H25N5O2/c1-14-12-16(27-3)4-5-17(14)20(26)24-10-8-23(9-11-24)18-19-22-15(2)13-25(19)7-6-21-18/h4-7,12,15H,8-11,13H2,1-3H3/t15-/m0/s1. The Morgan fingerprint density at radius 2 is 1.96 bits per heavy atom. The van der Waals surface area contributed by atoms with Crippen LogP contribution in [0.3, 0.4) is 0 Å². The van der Waals surface area contributed by atoms with E-state index in [1.807, 2.05) is 42.4 Å². The molecule has 142 valence electrons. The Kier molecular flexibility index (Phi) is 4.59. The molecule has 0 bridgehead atoms. The molecule has 27 heavy (non-hydrogen) atoms. The number of fused-ring (bicyclic) bond motifs is 1. The highest BCUT2D eigenvalue weighted by molar-refractivity contribution is 6.41. The number of amides is 1. The average Bonchev–Trinajstić information content (AvgIpc) is 3.07. The molecule has 0 radical (unpaired) electrons. The number of hydrogen-bond donors (Lipinski definition) is 0. The van der Waals surface area contributed by atoms with E-state index in [1.165, 1.54) is 0 Å². The van der Waals surface area contributed by atoms with E-state index < -0.39 is 0 Å². The monoisotopic (exact) mass is 367 g/mol. The molecule has 1 aromatic carbocycles. The van der Waals surface area contributed by atoms with Gasteiger partial charge in [0.1, 0.15) is 5.75 Å². The van der Waals surface area contributed by atoms with Crippen LogP contribution in [0.5, 0.6) is 5.75 Å². The molecule has 3 aliphatic rings. The Balaban J connectivity index is 1.43. The van der Waals surface area contributed by atoms with Gasteiger partial charge in [-0.2, -0.15) is 0 Å². The van der Waals surface area contributed by atoms with Crippen LogP contribution in [0.1, 0.15) is 22.8 Å². The van der Waals surface area contributed by atoms with Gasteiger partial charge in [-0.3, -0.25) is 9.79 Å². The van der Waals surface area contributed by atoms with Crippen LogP contribution in [0.4, 0.5) is 0 Å². The van der Waals surface area contributed by atoms with Crippen molar-refractivity contribution in [3.63, 3.8) is 0 Å². The zero-order valence-electron chi connectivity index (χ0n) is 16.1. The van der Waals surface area contributed by atoms with Crippen molar-refractivity contribution in [2.24, 2.45) is 9.98 Å². The SMILES string of the molecule is COc1ccc(C(=O)N2CCN(C3=NC=CN4C[C@H](C)N=C34)CC2)c(C)c1. The number of rotatable bonds is 2. The first-order valence-corrected chi connectivity index (χ1v) is 9.35. The van der Waals surface area contributed by atoms with Crippen molar-refractivity contribution in [2.45, 2.75) is 19.9 Å². The second kappa shape index (κ2) is 7.06. The minimum atomic E-state index is 0.0775. The zero-order valence-corrected chi connectivity index (χ0v) is 16.1. The van der Waals surface area contributed by atoms with Crippen LogP contribution < -0.4 is 4.74 Å². The summed E-state index contributed by atoms with van der Waals surface area (Å²) in [4.78, 5) is 28.5. The normalized spacial score (nSPS) is 21.7. The predicted octanol–water partition coefficient (Wildman–Crippen LogP) is 1.75. The van der Waals surface area contributed by atoms with E-state index in [-0.39, 0.29) is 11.9 Å². The number of aryl methyl sites for hydroxylation is 1. The molecule has 1 saturated heterocycles. The van der Waals surface area contributed by atoms with Gasteiger partial charge >= 0.3 is 0 Å². The fourth-order valence-electron chi connectivity index (χ4n) is 3.77. The van der Waals surface area contributed by atoms with Gasteiger partial charge < -0.3 is 19.4 Å². The molecular formula is C20H25N5O2. The van der Waals surface area contributed by atoms with Gasteiger partial charge in [0.2, 0.25) is 0 Å². The van der Waals surface area contributed by atoms with Crippen LogP contribution in [-0.4, -0.2) is 78.2 Å². The van der Waals surface area contributed by atoms with Crippen molar-refractivity contribution < 1.29 is 9.53 Å². The van der Waals surface area contributed by atoms with Gasteiger partial charge in [0.25, 0.3) is 5.91 Å². The highest BCUT2D eigenvalue weighted by Crippen LogP contribution is 2.20. The molecule has 1 amide bonds.